The smallest absolute Gasteiger partial charge is 0.212 e. The van der Waals surface area contributed by atoms with Crippen molar-refractivity contribution in [2.24, 2.45) is 0 Å². The highest BCUT2D eigenvalue weighted by atomic mass is 16.3. The van der Waals surface area contributed by atoms with Crippen LogP contribution in [0.3, 0.4) is 0 Å². The van der Waals surface area contributed by atoms with Gasteiger partial charge in [0, 0.05) is 11.1 Å². The number of hydrogen-bond donors (Lipinski definition) is 1. The van der Waals surface area contributed by atoms with Gasteiger partial charge in [-0.1, -0.05) is 30.3 Å². The Morgan fingerprint density at radius 1 is 0.905 bits per heavy atom. The van der Waals surface area contributed by atoms with Gasteiger partial charge in [0.05, 0.1) is 18.1 Å². The van der Waals surface area contributed by atoms with Crippen LogP contribution in [0.25, 0.3) is 11.3 Å². The SMILES string of the molecule is O=C(c1ccc(O)cc1)c1cncc(-c2ccccc2)n1. The van der Waals surface area contributed by atoms with Crippen molar-refractivity contribution in [1.82, 2.24) is 9.97 Å². The maximum Gasteiger partial charge on any atom is 0.212 e. The van der Waals surface area contributed by atoms with Gasteiger partial charge in [-0.05, 0) is 24.3 Å². The number of nitrogens with zero attached hydrogens (tertiary/aromatic N) is 2. The molecule has 0 fully saturated rings. The minimum atomic E-state index is -0.222. The maximum absolute atomic E-state index is 12.4. The highest BCUT2D eigenvalue weighted by molar-refractivity contribution is 6.07. The number of benzene rings is 2. The fourth-order valence-corrected chi connectivity index (χ4v) is 1.98. The third kappa shape index (κ3) is 2.79. The summed E-state index contributed by atoms with van der Waals surface area (Å²) in [5, 5.41) is 9.26. The van der Waals surface area contributed by atoms with Crippen molar-refractivity contribution in [3.8, 4) is 17.0 Å². The zero-order valence-corrected chi connectivity index (χ0v) is 11.1. The maximum atomic E-state index is 12.4. The van der Waals surface area contributed by atoms with Crippen LogP contribution in [-0.4, -0.2) is 20.9 Å². The number of hydrogen-bond acceptors (Lipinski definition) is 4. The number of aromatic hydroxyl groups is 1. The molecule has 4 heteroatoms. The molecule has 0 spiro atoms. The minimum absolute atomic E-state index is 0.121. The first-order valence-corrected chi connectivity index (χ1v) is 6.45. The van der Waals surface area contributed by atoms with Gasteiger partial charge >= 0.3 is 0 Å². The van der Waals surface area contributed by atoms with Gasteiger partial charge in [0.2, 0.25) is 5.78 Å². The summed E-state index contributed by atoms with van der Waals surface area (Å²) in [6.45, 7) is 0. The van der Waals surface area contributed by atoms with E-state index in [1.54, 1.807) is 18.3 Å². The van der Waals surface area contributed by atoms with Crippen LogP contribution in [0, 0.1) is 0 Å². The van der Waals surface area contributed by atoms with E-state index in [2.05, 4.69) is 9.97 Å². The van der Waals surface area contributed by atoms with Gasteiger partial charge in [0.1, 0.15) is 11.4 Å². The van der Waals surface area contributed by atoms with Crippen LogP contribution in [0.1, 0.15) is 16.1 Å². The second-order valence-electron chi connectivity index (χ2n) is 4.53. The van der Waals surface area contributed by atoms with Crippen LogP contribution in [0.4, 0.5) is 0 Å². The highest BCUT2D eigenvalue weighted by Gasteiger charge is 2.12. The van der Waals surface area contributed by atoms with Crippen molar-refractivity contribution in [3.63, 3.8) is 0 Å². The van der Waals surface area contributed by atoms with Crippen molar-refractivity contribution in [2.75, 3.05) is 0 Å². The number of aromatic nitrogens is 2. The molecule has 1 aromatic heterocycles. The summed E-state index contributed by atoms with van der Waals surface area (Å²) in [7, 11) is 0. The molecular formula is C17H12N2O2. The summed E-state index contributed by atoms with van der Waals surface area (Å²) in [4.78, 5) is 20.8. The summed E-state index contributed by atoms with van der Waals surface area (Å²) in [5.41, 5.74) is 2.31. The van der Waals surface area contributed by atoms with E-state index in [9.17, 15) is 9.90 Å². The van der Waals surface area contributed by atoms with E-state index in [1.807, 2.05) is 30.3 Å². The van der Waals surface area contributed by atoms with E-state index < -0.39 is 0 Å². The van der Waals surface area contributed by atoms with Crippen LogP contribution < -0.4 is 0 Å². The molecule has 3 aromatic rings. The lowest BCUT2D eigenvalue weighted by Gasteiger charge is -2.04. The van der Waals surface area contributed by atoms with Crippen LogP contribution in [0.15, 0.2) is 67.0 Å². The summed E-state index contributed by atoms with van der Waals surface area (Å²) in [5.74, 6) is -0.101. The lowest BCUT2D eigenvalue weighted by Crippen LogP contribution is -2.05. The van der Waals surface area contributed by atoms with Crippen LogP contribution >= 0.6 is 0 Å². The summed E-state index contributed by atoms with van der Waals surface area (Å²) >= 11 is 0. The number of phenols is 1. The zero-order chi connectivity index (χ0) is 14.7. The Labute approximate surface area is 121 Å². The molecule has 0 saturated heterocycles. The van der Waals surface area contributed by atoms with E-state index in [0.717, 1.165) is 5.56 Å². The molecule has 0 aliphatic heterocycles. The third-order valence-corrected chi connectivity index (χ3v) is 3.07. The molecule has 0 saturated carbocycles. The highest BCUT2D eigenvalue weighted by Crippen LogP contribution is 2.17. The fourth-order valence-electron chi connectivity index (χ4n) is 1.98. The summed E-state index contributed by atoms with van der Waals surface area (Å²) < 4.78 is 0. The average Bonchev–Trinajstić information content (AvgIpc) is 2.56. The molecule has 1 N–H and O–H groups in total. The molecule has 0 atom stereocenters. The molecule has 3 rings (SSSR count). The predicted octanol–water partition coefficient (Wildman–Crippen LogP) is 3.08. The largest absolute Gasteiger partial charge is 0.508 e. The molecule has 0 aliphatic rings. The van der Waals surface area contributed by atoms with Gasteiger partial charge in [-0.15, -0.1) is 0 Å². The first-order chi connectivity index (χ1) is 10.2. The van der Waals surface area contributed by atoms with Gasteiger partial charge in [-0.2, -0.15) is 0 Å². The van der Waals surface area contributed by atoms with Crippen molar-refractivity contribution >= 4 is 5.78 Å². The molecule has 4 nitrogen and oxygen atoms in total. The molecule has 0 radical (unpaired) electrons. The Morgan fingerprint density at radius 3 is 2.33 bits per heavy atom. The first kappa shape index (κ1) is 13.0. The van der Waals surface area contributed by atoms with Crippen LogP contribution in [0.5, 0.6) is 5.75 Å². The minimum Gasteiger partial charge on any atom is -0.508 e. The Morgan fingerprint density at radius 2 is 1.62 bits per heavy atom. The molecule has 0 amide bonds. The number of ketones is 1. The number of carbonyl (C=O) groups is 1. The van der Waals surface area contributed by atoms with E-state index in [-0.39, 0.29) is 17.2 Å². The van der Waals surface area contributed by atoms with E-state index >= 15 is 0 Å². The van der Waals surface area contributed by atoms with Crippen molar-refractivity contribution in [1.29, 1.82) is 0 Å². The van der Waals surface area contributed by atoms with Crippen molar-refractivity contribution < 1.29 is 9.90 Å². The fraction of sp³-hybridized carbons (Fsp3) is 0. The van der Waals surface area contributed by atoms with E-state index in [4.69, 9.17) is 0 Å². The molecule has 102 valence electrons. The lowest BCUT2D eigenvalue weighted by atomic mass is 10.1. The normalized spacial score (nSPS) is 10.3. The molecule has 0 unspecified atom stereocenters. The van der Waals surface area contributed by atoms with Crippen LogP contribution in [-0.2, 0) is 0 Å². The zero-order valence-electron chi connectivity index (χ0n) is 11.1. The standard InChI is InChI=1S/C17H12N2O2/c20-14-8-6-13(7-9-14)17(21)16-11-18-10-15(19-16)12-4-2-1-3-5-12/h1-11,20H. The Hall–Kier alpha value is -3.01. The van der Waals surface area contributed by atoms with E-state index in [1.165, 1.54) is 18.3 Å². The van der Waals surface area contributed by atoms with Crippen LogP contribution in [0.2, 0.25) is 0 Å². The van der Waals surface area contributed by atoms with Gasteiger partial charge in [-0.3, -0.25) is 9.78 Å². The second kappa shape index (κ2) is 5.54. The molecule has 1 heterocycles. The van der Waals surface area contributed by atoms with Gasteiger partial charge in [0.25, 0.3) is 0 Å². The molecular weight excluding hydrogens is 264 g/mol. The lowest BCUT2D eigenvalue weighted by molar-refractivity contribution is 0.103. The second-order valence-corrected chi connectivity index (χ2v) is 4.53. The number of rotatable bonds is 3. The quantitative estimate of drug-likeness (QED) is 0.747. The van der Waals surface area contributed by atoms with Crippen molar-refractivity contribution in [3.05, 3.63) is 78.2 Å². The third-order valence-electron chi connectivity index (χ3n) is 3.07. The van der Waals surface area contributed by atoms with Gasteiger partial charge < -0.3 is 5.11 Å². The summed E-state index contributed by atoms with van der Waals surface area (Å²) in [6, 6.07) is 15.6. The monoisotopic (exact) mass is 276 g/mol. The number of carbonyl (C=O) groups excluding carboxylic acids is 1. The van der Waals surface area contributed by atoms with E-state index in [0.29, 0.717) is 11.3 Å². The molecule has 0 aliphatic carbocycles. The van der Waals surface area contributed by atoms with Crippen molar-refractivity contribution in [2.45, 2.75) is 0 Å². The van der Waals surface area contributed by atoms with Gasteiger partial charge in [-0.25, -0.2) is 4.98 Å². The Balaban J connectivity index is 1.96. The molecule has 2 aromatic carbocycles. The molecule has 0 bridgehead atoms. The predicted molar refractivity (Wildman–Crippen MR) is 79.0 cm³/mol. The van der Waals surface area contributed by atoms with Gasteiger partial charge in [0.15, 0.2) is 0 Å². The topological polar surface area (TPSA) is 63.1 Å². The summed E-state index contributed by atoms with van der Waals surface area (Å²) in [6.07, 6.45) is 3.07. The Kier molecular flexibility index (Phi) is 3.43. The number of phenolic OH excluding ortho intramolecular Hbond substituents is 1. The first-order valence-electron chi connectivity index (χ1n) is 6.45. The average molecular weight is 276 g/mol. The Bertz CT molecular complexity index is 768. The molecule has 21 heavy (non-hydrogen) atoms.